The molecule has 1 aromatic heterocycles. The lowest BCUT2D eigenvalue weighted by molar-refractivity contribution is 0.555. The van der Waals surface area contributed by atoms with E-state index in [1.54, 1.807) is 11.0 Å². The lowest BCUT2D eigenvalue weighted by atomic mass is 10.2. The van der Waals surface area contributed by atoms with Crippen LogP contribution in [0.1, 0.15) is 24.7 Å². The topological polar surface area (TPSA) is 42.7 Å². The third-order valence-electron chi connectivity index (χ3n) is 2.64. The van der Waals surface area contributed by atoms with Crippen molar-refractivity contribution in [2.45, 2.75) is 26.4 Å². The molecule has 0 unspecified atom stereocenters. The van der Waals surface area contributed by atoms with Crippen LogP contribution in [-0.4, -0.2) is 21.3 Å². The summed E-state index contributed by atoms with van der Waals surface area (Å²) in [7, 11) is 0. The highest BCUT2D eigenvalue weighted by Crippen LogP contribution is 2.10. The average molecular weight is 266 g/mol. The van der Waals surface area contributed by atoms with Gasteiger partial charge >= 0.3 is 0 Å². The molecule has 102 valence electrons. The standard InChI is InChI=1S/C13H16F2N4/c1-2-5-16-7-13-17-9-19(18-13)8-10-3-4-11(14)6-12(10)15/h3-4,6,9,16H,2,5,7-8H2,1H3. The molecule has 2 aromatic rings. The molecule has 0 aliphatic rings. The number of benzene rings is 1. The van der Waals surface area contributed by atoms with Crippen molar-refractivity contribution < 1.29 is 8.78 Å². The van der Waals surface area contributed by atoms with Crippen LogP contribution in [0.3, 0.4) is 0 Å². The fourth-order valence-corrected chi connectivity index (χ4v) is 1.69. The Hall–Kier alpha value is -1.82. The molecule has 0 fully saturated rings. The first-order valence-electron chi connectivity index (χ1n) is 6.22. The van der Waals surface area contributed by atoms with E-state index in [0.29, 0.717) is 17.9 Å². The molecule has 0 aliphatic carbocycles. The molecule has 0 saturated heterocycles. The van der Waals surface area contributed by atoms with Crippen LogP contribution in [0.2, 0.25) is 0 Å². The Morgan fingerprint density at radius 2 is 2.16 bits per heavy atom. The number of aromatic nitrogens is 3. The molecule has 4 nitrogen and oxygen atoms in total. The predicted molar refractivity (Wildman–Crippen MR) is 67.5 cm³/mol. The van der Waals surface area contributed by atoms with Gasteiger partial charge in [0.1, 0.15) is 18.0 Å². The van der Waals surface area contributed by atoms with E-state index in [1.165, 1.54) is 12.1 Å². The van der Waals surface area contributed by atoms with Crippen molar-refractivity contribution >= 4 is 0 Å². The Bertz CT molecular complexity index is 539. The van der Waals surface area contributed by atoms with E-state index in [9.17, 15) is 8.78 Å². The second-order valence-corrected chi connectivity index (χ2v) is 4.27. The second kappa shape index (κ2) is 6.38. The number of nitrogens with one attached hydrogen (secondary N) is 1. The number of halogens is 2. The smallest absolute Gasteiger partial charge is 0.164 e. The maximum absolute atomic E-state index is 13.5. The Morgan fingerprint density at radius 1 is 1.32 bits per heavy atom. The predicted octanol–water partition coefficient (Wildman–Crippen LogP) is 2.10. The van der Waals surface area contributed by atoms with Gasteiger partial charge in [0.05, 0.1) is 13.1 Å². The maximum Gasteiger partial charge on any atom is 0.164 e. The normalized spacial score (nSPS) is 10.9. The molecule has 0 bridgehead atoms. The van der Waals surface area contributed by atoms with Gasteiger partial charge in [-0.1, -0.05) is 13.0 Å². The summed E-state index contributed by atoms with van der Waals surface area (Å²) < 4.78 is 27.8. The zero-order valence-corrected chi connectivity index (χ0v) is 10.7. The van der Waals surface area contributed by atoms with E-state index in [2.05, 4.69) is 22.3 Å². The summed E-state index contributed by atoms with van der Waals surface area (Å²) in [5.74, 6) is -0.485. The van der Waals surface area contributed by atoms with Crippen molar-refractivity contribution in [3.8, 4) is 0 Å². The van der Waals surface area contributed by atoms with Crippen LogP contribution in [0.15, 0.2) is 24.5 Å². The first-order valence-corrected chi connectivity index (χ1v) is 6.22. The van der Waals surface area contributed by atoms with Gasteiger partial charge in [-0.15, -0.1) is 0 Å². The molecule has 0 radical (unpaired) electrons. The molecule has 1 aromatic carbocycles. The van der Waals surface area contributed by atoms with Crippen LogP contribution in [0.4, 0.5) is 8.78 Å². The highest BCUT2D eigenvalue weighted by molar-refractivity contribution is 5.18. The summed E-state index contributed by atoms with van der Waals surface area (Å²) in [6.45, 7) is 3.82. The van der Waals surface area contributed by atoms with E-state index in [1.807, 2.05) is 0 Å². The van der Waals surface area contributed by atoms with Crippen LogP contribution in [0, 0.1) is 11.6 Å². The first-order chi connectivity index (χ1) is 9.19. The summed E-state index contributed by atoms with van der Waals surface area (Å²) in [6, 6.07) is 3.52. The first kappa shape index (κ1) is 13.6. The zero-order valence-electron chi connectivity index (χ0n) is 10.7. The van der Waals surface area contributed by atoms with Crippen molar-refractivity contribution in [3.05, 3.63) is 47.5 Å². The molecule has 1 N–H and O–H groups in total. The minimum absolute atomic E-state index is 0.243. The van der Waals surface area contributed by atoms with Gasteiger partial charge in [0.25, 0.3) is 0 Å². The molecular formula is C13H16F2N4. The van der Waals surface area contributed by atoms with Gasteiger partial charge in [-0.25, -0.2) is 18.4 Å². The van der Waals surface area contributed by atoms with Crippen molar-refractivity contribution in [1.29, 1.82) is 0 Å². The summed E-state index contributed by atoms with van der Waals surface area (Å²) in [4.78, 5) is 4.12. The van der Waals surface area contributed by atoms with Gasteiger partial charge in [-0.05, 0) is 19.0 Å². The molecule has 0 saturated carbocycles. The number of nitrogens with zero attached hydrogens (tertiary/aromatic N) is 3. The zero-order chi connectivity index (χ0) is 13.7. The Morgan fingerprint density at radius 3 is 2.89 bits per heavy atom. The third-order valence-corrected chi connectivity index (χ3v) is 2.64. The molecule has 2 rings (SSSR count). The van der Waals surface area contributed by atoms with Gasteiger partial charge < -0.3 is 5.32 Å². The van der Waals surface area contributed by atoms with Gasteiger partial charge in [0.2, 0.25) is 0 Å². The van der Waals surface area contributed by atoms with Crippen molar-refractivity contribution in [2.24, 2.45) is 0 Å². The molecule has 0 atom stereocenters. The number of hydrogen-bond acceptors (Lipinski definition) is 3. The molecule has 19 heavy (non-hydrogen) atoms. The molecular weight excluding hydrogens is 250 g/mol. The third kappa shape index (κ3) is 3.82. The summed E-state index contributed by atoms with van der Waals surface area (Å²) >= 11 is 0. The van der Waals surface area contributed by atoms with E-state index in [4.69, 9.17) is 0 Å². The lowest BCUT2D eigenvalue weighted by Crippen LogP contribution is -2.15. The molecule has 0 spiro atoms. The number of hydrogen-bond donors (Lipinski definition) is 1. The second-order valence-electron chi connectivity index (χ2n) is 4.27. The van der Waals surface area contributed by atoms with Crippen LogP contribution in [0.25, 0.3) is 0 Å². The summed E-state index contributed by atoms with van der Waals surface area (Å²) in [5, 5.41) is 7.41. The molecule has 0 aliphatic heterocycles. The van der Waals surface area contributed by atoms with Gasteiger partial charge in [0, 0.05) is 11.6 Å². The lowest BCUT2D eigenvalue weighted by Gasteiger charge is -2.03. The van der Waals surface area contributed by atoms with E-state index < -0.39 is 11.6 Å². The fraction of sp³-hybridized carbons (Fsp3) is 0.385. The van der Waals surface area contributed by atoms with E-state index in [0.717, 1.165) is 19.0 Å². The Balaban J connectivity index is 1.99. The molecule has 1 heterocycles. The molecule has 0 amide bonds. The average Bonchev–Trinajstić information content (AvgIpc) is 2.81. The van der Waals surface area contributed by atoms with Crippen LogP contribution >= 0.6 is 0 Å². The maximum atomic E-state index is 13.5. The van der Waals surface area contributed by atoms with Crippen LogP contribution in [0.5, 0.6) is 0 Å². The van der Waals surface area contributed by atoms with Gasteiger partial charge in [-0.3, -0.25) is 0 Å². The minimum Gasteiger partial charge on any atom is -0.310 e. The van der Waals surface area contributed by atoms with Gasteiger partial charge in [0.15, 0.2) is 5.82 Å². The SMILES string of the molecule is CCCNCc1ncn(Cc2ccc(F)cc2F)n1. The quantitative estimate of drug-likeness (QED) is 0.814. The van der Waals surface area contributed by atoms with Crippen molar-refractivity contribution in [3.63, 3.8) is 0 Å². The van der Waals surface area contributed by atoms with Gasteiger partial charge in [-0.2, -0.15) is 5.10 Å². The summed E-state index contributed by atoms with van der Waals surface area (Å²) in [6.07, 6.45) is 2.59. The van der Waals surface area contributed by atoms with Crippen molar-refractivity contribution in [1.82, 2.24) is 20.1 Å². The minimum atomic E-state index is -0.579. The molecule has 6 heteroatoms. The van der Waals surface area contributed by atoms with E-state index in [-0.39, 0.29) is 6.54 Å². The van der Waals surface area contributed by atoms with Crippen LogP contribution in [-0.2, 0) is 13.1 Å². The highest BCUT2D eigenvalue weighted by Gasteiger charge is 2.06. The van der Waals surface area contributed by atoms with Crippen LogP contribution < -0.4 is 5.32 Å². The van der Waals surface area contributed by atoms with Crippen molar-refractivity contribution in [2.75, 3.05) is 6.54 Å². The number of rotatable bonds is 6. The summed E-state index contributed by atoms with van der Waals surface area (Å²) in [5.41, 5.74) is 0.388. The Labute approximate surface area is 110 Å². The Kier molecular flexibility index (Phi) is 4.57. The highest BCUT2D eigenvalue weighted by atomic mass is 19.1. The van der Waals surface area contributed by atoms with E-state index >= 15 is 0 Å². The monoisotopic (exact) mass is 266 g/mol. The largest absolute Gasteiger partial charge is 0.310 e. The fourth-order valence-electron chi connectivity index (χ4n) is 1.69.